The van der Waals surface area contributed by atoms with E-state index in [0.717, 1.165) is 17.0 Å². The lowest BCUT2D eigenvalue weighted by molar-refractivity contribution is -0.121. The fourth-order valence-corrected chi connectivity index (χ4v) is 2.87. The van der Waals surface area contributed by atoms with E-state index < -0.39 is 5.91 Å². The Bertz CT molecular complexity index is 988. The molecule has 0 atom stereocenters. The highest BCUT2D eigenvalue weighted by atomic mass is 16.3. The monoisotopic (exact) mass is 356 g/mol. The molecule has 3 aromatic heterocycles. The van der Waals surface area contributed by atoms with E-state index in [4.69, 9.17) is 4.42 Å². The van der Waals surface area contributed by atoms with Gasteiger partial charge in [-0.3, -0.25) is 20.4 Å². The van der Waals surface area contributed by atoms with Gasteiger partial charge in [0, 0.05) is 17.8 Å². The third-order valence-corrected chi connectivity index (χ3v) is 4.19. The lowest BCUT2D eigenvalue weighted by Crippen LogP contribution is -2.41. The molecule has 0 spiro atoms. The Morgan fingerprint density at radius 2 is 1.96 bits per heavy atom. The molecule has 0 fully saturated rings. The van der Waals surface area contributed by atoms with E-state index in [2.05, 4.69) is 25.9 Å². The lowest BCUT2D eigenvalue weighted by Gasteiger charge is -2.11. The number of rotatable bonds is 4. The second kappa shape index (κ2) is 6.95. The van der Waals surface area contributed by atoms with Crippen molar-refractivity contribution in [3.8, 4) is 0 Å². The van der Waals surface area contributed by atoms with Crippen LogP contribution in [-0.2, 0) is 11.2 Å². The van der Waals surface area contributed by atoms with Gasteiger partial charge in [-0.2, -0.15) is 10.1 Å². The average Bonchev–Trinajstić information content (AvgIpc) is 3.18. The molecule has 26 heavy (non-hydrogen) atoms. The number of hydrogen-bond acceptors (Lipinski definition) is 6. The minimum absolute atomic E-state index is 0.202. The largest absolute Gasteiger partial charge is 0.466 e. The summed E-state index contributed by atoms with van der Waals surface area (Å²) in [6.07, 6.45) is 2.12. The highest BCUT2D eigenvalue weighted by Crippen LogP contribution is 2.15. The van der Waals surface area contributed by atoms with Crippen LogP contribution in [0.25, 0.3) is 5.78 Å². The first-order valence-electron chi connectivity index (χ1n) is 8.19. The summed E-state index contributed by atoms with van der Waals surface area (Å²) in [5.74, 6) is 0.972. The molecule has 0 aliphatic carbocycles. The van der Waals surface area contributed by atoms with Crippen molar-refractivity contribution < 1.29 is 14.0 Å². The Labute approximate surface area is 149 Å². The van der Waals surface area contributed by atoms with Crippen molar-refractivity contribution in [2.75, 3.05) is 0 Å². The van der Waals surface area contributed by atoms with Crippen molar-refractivity contribution in [1.82, 2.24) is 30.4 Å². The van der Waals surface area contributed by atoms with Gasteiger partial charge >= 0.3 is 0 Å². The zero-order chi connectivity index (χ0) is 18.8. The molecular weight excluding hydrogens is 336 g/mol. The molecule has 9 heteroatoms. The second-order valence-corrected chi connectivity index (χ2v) is 6.06. The van der Waals surface area contributed by atoms with Crippen molar-refractivity contribution in [3.05, 3.63) is 46.4 Å². The van der Waals surface area contributed by atoms with Gasteiger partial charge in [-0.05, 0) is 45.7 Å². The number of nitrogens with one attached hydrogen (secondary N) is 2. The summed E-state index contributed by atoms with van der Waals surface area (Å²) in [5, 5.41) is 4.13. The number of fused-ring (bicyclic) bond motifs is 1. The molecule has 0 aromatic carbocycles. The number of aryl methyl sites for hydroxylation is 4. The Morgan fingerprint density at radius 1 is 1.19 bits per heavy atom. The molecule has 9 nitrogen and oxygen atoms in total. The van der Waals surface area contributed by atoms with E-state index in [0.29, 0.717) is 29.3 Å². The van der Waals surface area contributed by atoms with Gasteiger partial charge in [-0.25, -0.2) is 9.50 Å². The quantitative estimate of drug-likeness (QED) is 0.682. The predicted molar refractivity (Wildman–Crippen MR) is 92.4 cm³/mol. The summed E-state index contributed by atoms with van der Waals surface area (Å²) in [7, 11) is 0. The molecule has 136 valence electrons. The van der Waals surface area contributed by atoms with Crippen LogP contribution >= 0.6 is 0 Å². The molecule has 0 aliphatic rings. The number of aromatic nitrogens is 4. The molecule has 2 N–H and O–H groups in total. The highest BCUT2D eigenvalue weighted by Gasteiger charge is 2.15. The third-order valence-electron chi connectivity index (χ3n) is 4.19. The molecule has 3 heterocycles. The molecule has 0 unspecified atom stereocenters. The number of carbonyl (C=O) groups is 2. The van der Waals surface area contributed by atoms with Crippen LogP contribution in [0.3, 0.4) is 0 Å². The van der Waals surface area contributed by atoms with Gasteiger partial charge in [-0.1, -0.05) is 0 Å². The van der Waals surface area contributed by atoms with Crippen LogP contribution in [-0.4, -0.2) is 31.4 Å². The van der Waals surface area contributed by atoms with Crippen molar-refractivity contribution in [2.45, 2.75) is 40.5 Å². The molecule has 2 amide bonds. The Morgan fingerprint density at radius 3 is 2.65 bits per heavy atom. The number of hydrazine groups is 1. The van der Waals surface area contributed by atoms with Gasteiger partial charge < -0.3 is 4.42 Å². The molecule has 0 saturated heterocycles. The Balaban J connectivity index is 1.59. The summed E-state index contributed by atoms with van der Waals surface area (Å²) in [4.78, 5) is 32.6. The fraction of sp³-hybridized carbons (Fsp3) is 0.353. The SMILES string of the molecule is Cc1cc(C(=O)NNC(=O)CCc2c(C)nc3ncnn3c2C)c(C)o1. The maximum absolute atomic E-state index is 12.1. The van der Waals surface area contributed by atoms with Crippen molar-refractivity contribution in [3.63, 3.8) is 0 Å². The number of carbonyl (C=O) groups excluding carboxylic acids is 2. The number of hydrogen-bond donors (Lipinski definition) is 2. The topological polar surface area (TPSA) is 114 Å². The van der Waals surface area contributed by atoms with Gasteiger partial charge in [0.25, 0.3) is 11.7 Å². The van der Waals surface area contributed by atoms with E-state index in [9.17, 15) is 9.59 Å². The zero-order valence-electron chi connectivity index (χ0n) is 15.1. The average molecular weight is 356 g/mol. The van der Waals surface area contributed by atoms with Gasteiger partial charge in [0.2, 0.25) is 5.91 Å². The third kappa shape index (κ3) is 3.41. The maximum atomic E-state index is 12.1. The molecule has 0 bridgehead atoms. The van der Waals surface area contributed by atoms with Crippen LogP contribution in [0.15, 0.2) is 16.8 Å². The smallest absolute Gasteiger partial charge is 0.273 e. The molecule has 0 aliphatic heterocycles. The Kier molecular flexibility index (Phi) is 4.70. The molecule has 3 aromatic rings. The normalized spacial score (nSPS) is 10.9. The first-order valence-corrected chi connectivity index (χ1v) is 8.19. The summed E-state index contributed by atoms with van der Waals surface area (Å²) >= 11 is 0. The van der Waals surface area contributed by atoms with Gasteiger partial charge in [0.05, 0.1) is 5.56 Å². The van der Waals surface area contributed by atoms with E-state index in [-0.39, 0.29) is 12.3 Å². The van der Waals surface area contributed by atoms with E-state index in [1.54, 1.807) is 24.4 Å². The van der Waals surface area contributed by atoms with Crippen LogP contribution in [0.1, 0.15) is 45.3 Å². The zero-order valence-corrected chi connectivity index (χ0v) is 15.1. The van der Waals surface area contributed by atoms with Gasteiger partial charge in [0.15, 0.2) is 0 Å². The van der Waals surface area contributed by atoms with Gasteiger partial charge in [-0.15, -0.1) is 0 Å². The van der Waals surface area contributed by atoms with Crippen molar-refractivity contribution in [1.29, 1.82) is 0 Å². The summed E-state index contributed by atoms with van der Waals surface area (Å²) in [5.41, 5.74) is 7.86. The standard InChI is InChI=1S/C17H20N6O3/c1-9-7-14(12(4)26-9)16(25)22-21-15(24)6-5-13-10(2)20-17-18-8-19-23(17)11(13)3/h7-8H,5-6H2,1-4H3,(H,21,24)(H,22,25). The van der Waals surface area contributed by atoms with Gasteiger partial charge in [0.1, 0.15) is 17.8 Å². The van der Waals surface area contributed by atoms with Crippen molar-refractivity contribution in [2.24, 2.45) is 0 Å². The number of furan rings is 1. The summed E-state index contributed by atoms with van der Waals surface area (Å²) in [6, 6.07) is 1.63. The minimum Gasteiger partial charge on any atom is -0.466 e. The fourth-order valence-electron chi connectivity index (χ4n) is 2.87. The number of amides is 2. The molecule has 0 radical (unpaired) electrons. The van der Waals surface area contributed by atoms with E-state index in [1.165, 1.54) is 6.33 Å². The molecule has 3 rings (SSSR count). The highest BCUT2D eigenvalue weighted by molar-refractivity contribution is 5.96. The minimum atomic E-state index is -0.411. The first-order chi connectivity index (χ1) is 12.4. The summed E-state index contributed by atoms with van der Waals surface area (Å²) < 4.78 is 6.95. The maximum Gasteiger partial charge on any atom is 0.273 e. The van der Waals surface area contributed by atoms with E-state index >= 15 is 0 Å². The first kappa shape index (κ1) is 17.6. The predicted octanol–water partition coefficient (Wildman–Crippen LogP) is 1.34. The van der Waals surface area contributed by atoms with E-state index in [1.807, 2.05) is 13.8 Å². The lowest BCUT2D eigenvalue weighted by atomic mass is 10.1. The van der Waals surface area contributed by atoms with Crippen LogP contribution in [0, 0.1) is 27.7 Å². The second-order valence-electron chi connectivity index (χ2n) is 6.06. The summed E-state index contributed by atoms with van der Waals surface area (Å²) in [6.45, 7) is 7.24. The molecule has 0 saturated carbocycles. The Hall–Kier alpha value is -3.23. The van der Waals surface area contributed by atoms with Crippen LogP contribution in [0.5, 0.6) is 0 Å². The molecular formula is C17H20N6O3. The van der Waals surface area contributed by atoms with Crippen molar-refractivity contribution >= 4 is 17.6 Å². The van der Waals surface area contributed by atoms with Crippen LogP contribution < -0.4 is 10.9 Å². The number of nitrogens with zero attached hydrogens (tertiary/aromatic N) is 4. The van der Waals surface area contributed by atoms with Crippen LogP contribution in [0.2, 0.25) is 0 Å². The van der Waals surface area contributed by atoms with Crippen LogP contribution in [0.4, 0.5) is 0 Å².